The first-order valence-corrected chi connectivity index (χ1v) is 13.8. The Kier molecular flexibility index (Phi) is 9.78. The van der Waals surface area contributed by atoms with E-state index >= 15 is 0 Å². The molecule has 0 aliphatic carbocycles. The number of pyridine rings is 1. The van der Waals surface area contributed by atoms with Crippen LogP contribution in [-0.2, 0) is 4.79 Å². The molecule has 1 heterocycles. The average Bonchev–Trinajstić information content (AvgIpc) is 2.98. The number of nitrogens with one attached hydrogen (secondary N) is 1. The lowest BCUT2D eigenvalue weighted by Gasteiger charge is -2.16. The van der Waals surface area contributed by atoms with E-state index in [1.165, 1.54) is 33.1 Å². The van der Waals surface area contributed by atoms with Crippen molar-refractivity contribution in [2.75, 3.05) is 32.4 Å². The molecule has 0 saturated heterocycles. The Bertz CT molecular complexity index is 1550. The van der Waals surface area contributed by atoms with Crippen LogP contribution in [0.15, 0.2) is 71.8 Å². The maximum atomic E-state index is 12.6. The van der Waals surface area contributed by atoms with Crippen LogP contribution in [0.1, 0.15) is 12.0 Å². The fourth-order valence-electron chi connectivity index (χ4n) is 4.01. The highest BCUT2D eigenvalue weighted by Gasteiger charge is 2.20. The lowest BCUT2D eigenvalue weighted by molar-refractivity contribution is -0.115. The van der Waals surface area contributed by atoms with Gasteiger partial charge in [-0.2, -0.15) is 5.26 Å². The van der Waals surface area contributed by atoms with Crippen LogP contribution >= 0.6 is 35.0 Å². The van der Waals surface area contributed by atoms with Crippen LogP contribution in [0.5, 0.6) is 17.2 Å². The van der Waals surface area contributed by atoms with Gasteiger partial charge in [0.25, 0.3) is 0 Å². The summed E-state index contributed by atoms with van der Waals surface area (Å²) in [5, 5.41) is 14.2. The summed E-state index contributed by atoms with van der Waals surface area (Å²) in [4.78, 5) is 17.5. The van der Waals surface area contributed by atoms with E-state index in [0.29, 0.717) is 61.1 Å². The van der Waals surface area contributed by atoms with Gasteiger partial charge in [0.1, 0.15) is 11.1 Å². The Morgan fingerprint density at radius 1 is 0.950 bits per heavy atom. The summed E-state index contributed by atoms with van der Waals surface area (Å²) in [5.74, 6) is 1.51. The number of anilines is 1. The predicted molar refractivity (Wildman–Crippen MR) is 160 cm³/mol. The fraction of sp³-hybridized carbons (Fsp3) is 0.167. The lowest BCUT2D eigenvalue weighted by Crippen LogP contribution is -2.12. The van der Waals surface area contributed by atoms with Gasteiger partial charge in [0.2, 0.25) is 11.7 Å². The molecule has 0 aliphatic heterocycles. The Balaban J connectivity index is 1.70. The predicted octanol–water partition coefficient (Wildman–Crippen LogP) is 7.74. The molecule has 3 aromatic carbocycles. The summed E-state index contributed by atoms with van der Waals surface area (Å²) in [5.41, 5.74) is 3.72. The van der Waals surface area contributed by atoms with Crippen molar-refractivity contribution in [3.63, 3.8) is 0 Å². The van der Waals surface area contributed by atoms with Gasteiger partial charge in [0.15, 0.2) is 11.5 Å². The highest BCUT2D eigenvalue weighted by molar-refractivity contribution is 7.99. The average molecular weight is 595 g/mol. The maximum Gasteiger partial charge on any atom is 0.225 e. The Hall–Kier alpha value is -3.90. The van der Waals surface area contributed by atoms with Gasteiger partial charge in [-0.25, -0.2) is 4.98 Å². The summed E-state index contributed by atoms with van der Waals surface area (Å²) in [7, 11) is 4.61. The number of carbonyl (C=O) groups excluding carboxylic acids is 1. The van der Waals surface area contributed by atoms with Crippen LogP contribution in [0.4, 0.5) is 5.69 Å². The third-order valence-corrected chi connectivity index (χ3v) is 7.73. The molecule has 4 rings (SSSR count). The van der Waals surface area contributed by atoms with E-state index in [2.05, 4.69) is 11.4 Å². The molecule has 0 fully saturated rings. The molecule has 0 bridgehead atoms. The first-order chi connectivity index (χ1) is 19.4. The topological polar surface area (TPSA) is 93.5 Å². The van der Waals surface area contributed by atoms with Crippen LogP contribution in [0.3, 0.4) is 0 Å². The molecule has 0 unspecified atom stereocenters. The molecule has 1 aromatic heterocycles. The number of hydrogen-bond acceptors (Lipinski definition) is 7. The minimum Gasteiger partial charge on any atom is -0.493 e. The highest BCUT2D eigenvalue weighted by Crippen LogP contribution is 2.43. The number of ether oxygens (including phenoxy) is 3. The number of nitrogens with zero attached hydrogens (tertiary/aromatic N) is 2. The van der Waals surface area contributed by atoms with E-state index in [1.54, 1.807) is 30.3 Å². The van der Waals surface area contributed by atoms with Crippen molar-refractivity contribution in [2.24, 2.45) is 0 Å². The zero-order valence-corrected chi connectivity index (χ0v) is 24.3. The standard InChI is InChI=1S/C30H25Cl2N3O4S/c1-37-25-14-19(15-26(38-2)29(25)39-3)20-16-24(18-8-5-4-6-9-18)35-30(21(20)17-33)40-13-12-27(36)34-23-11-7-10-22(31)28(23)32/h4-11,14-16H,12-13H2,1-3H3,(H,34,36). The Morgan fingerprint density at radius 2 is 1.65 bits per heavy atom. The molecular formula is C30H25Cl2N3O4S. The number of thioether (sulfide) groups is 1. The molecule has 0 spiro atoms. The number of halogens is 2. The normalized spacial score (nSPS) is 10.5. The van der Waals surface area contributed by atoms with Crippen molar-refractivity contribution in [3.8, 4) is 45.7 Å². The van der Waals surface area contributed by atoms with E-state index in [1.807, 2.05) is 36.4 Å². The fourth-order valence-corrected chi connectivity index (χ4v) is 5.30. The largest absolute Gasteiger partial charge is 0.493 e. The van der Waals surface area contributed by atoms with Crippen molar-refractivity contribution < 1.29 is 19.0 Å². The number of nitriles is 1. The molecule has 204 valence electrons. The third kappa shape index (κ3) is 6.45. The van der Waals surface area contributed by atoms with E-state index in [9.17, 15) is 10.1 Å². The summed E-state index contributed by atoms with van der Waals surface area (Å²) in [6, 6.07) is 22.5. The van der Waals surface area contributed by atoms with E-state index in [-0.39, 0.29) is 17.4 Å². The number of hydrogen-bond donors (Lipinski definition) is 1. The van der Waals surface area contributed by atoms with Crippen LogP contribution in [-0.4, -0.2) is 38.0 Å². The molecule has 0 aliphatic rings. The second-order valence-corrected chi connectivity index (χ2v) is 10.2. The van der Waals surface area contributed by atoms with Gasteiger partial charge in [-0.3, -0.25) is 4.79 Å². The molecule has 0 atom stereocenters. The van der Waals surface area contributed by atoms with Gasteiger partial charge in [-0.15, -0.1) is 11.8 Å². The van der Waals surface area contributed by atoms with Gasteiger partial charge in [-0.1, -0.05) is 59.6 Å². The van der Waals surface area contributed by atoms with Gasteiger partial charge >= 0.3 is 0 Å². The van der Waals surface area contributed by atoms with Gasteiger partial charge in [0, 0.05) is 23.3 Å². The third-order valence-electron chi connectivity index (χ3n) is 5.94. The first-order valence-electron chi connectivity index (χ1n) is 12.1. The molecule has 40 heavy (non-hydrogen) atoms. The molecule has 0 radical (unpaired) electrons. The summed E-state index contributed by atoms with van der Waals surface area (Å²) >= 11 is 13.6. The van der Waals surface area contributed by atoms with Crippen molar-refractivity contribution in [2.45, 2.75) is 11.4 Å². The van der Waals surface area contributed by atoms with Gasteiger partial charge < -0.3 is 19.5 Å². The van der Waals surface area contributed by atoms with Crippen LogP contribution in [0.2, 0.25) is 10.0 Å². The molecule has 4 aromatic rings. The van der Waals surface area contributed by atoms with Crippen molar-refractivity contribution in [3.05, 3.63) is 82.3 Å². The number of rotatable bonds is 10. The van der Waals surface area contributed by atoms with Gasteiger partial charge in [0.05, 0.1) is 48.3 Å². The first kappa shape index (κ1) is 29.1. The van der Waals surface area contributed by atoms with Gasteiger partial charge in [-0.05, 0) is 35.9 Å². The van der Waals surface area contributed by atoms with Crippen molar-refractivity contribution >= 4 is 46.6 Å². The van der Waals surface area contributed by atoms with E-state index < -0.39 is 0 Å². The summed E-state index contributed by atoms with van der Waals surface area (Å²) < 4.78 is 16.6. The SMILES string of the molecule is COc1cc(-c2cc(-c3ccccc3)nc(SCCC(=O)Nc3cccc(Cl)c3Cl)c2C#N)cc(OC)c1OC. The van der Waals surface area contributed by atoms with Crippen molar-refractivity contribution in [1.29, 1.82) is 5.26 Å². The smallest absolute Gasteiger partial charge is 0.225 e. The van der Waals surface area contributed by atoms with Crippen molar-refractivity contribution in [1.82, 2.24) is 4.98 Å². The minimum absolute atomic E-state index is 0.162. The number of benzene rings is 3. The Labute approximate surface area is 247 Å². The molecule has 0 saturated carbocycles. The van der Waals surface area contributed by atoms with Crippen LogP contribution in [0, 0.1) is 11.3 Å². The zero-order chi connectivity index (χ0) is 28.6. The number of aromatic nitrogens is 1. The molecule has 1 amide bonds. The zero-order valence-electron chi connectivity index (χ0n) is 22.0. The van der Waals surface area contributed by atoms with Crippen LogP contribution in [0.25, 0.3) is 22.4 Å². The number of carbonyl (C=O) groups is 1. The highest BCUT2D eigenvalue weighted by atomic mass is 35.5. The monoisotopic (exact) mass is 593 g/mol. The maximum absolute atomic E-state index is 12.6. The van der Waals surface area contributed by atoms with E-state index in [0.717, 1.165) is 5.56 Å². The second-order valence-electron chi connectivity index (χ2n) is 8.38. The quantitative estimate of drug-likeness (QED) is 0.188. The summed E-state index contributed by atoms with van der Waals surface area (Å²) in [6.45, 7) is 0. The lowest BCUT2D eigenvalue weighted by atomic mass is 9.98. The molecular weight excluding hydrogens is 569 g/mol. The van der Waals surface area contributed by atoms with Crippen LogP contribution < -0.4 is 19.5 Å². The number of methoxy groups -OCH3 is 3. The molecule has 10 heteroatoms. The minimum atomic E-state index is -0.237. The van der Waals surface area contributed by atoms with E-state index in [4.69, 9.17) is 42.4 Å². The Morgan fingerprint density at radius 3 is 2.27 bits per heavy atom. The molecule has 7 nitrogen and oxygen atoms in total. The number of amides is 1. The second kappa shape index (κ2) is 13.4. The summed E-state index contributed by atoms with van der Waals surface area (Å²) in [6.07, 6.45) is 0.162. The molecule has 1 N–H and O–H groups in total.